The highest BCUT2D eigenvalue weighted by Gasteiger charge is 2.34. The van der Waals surface area contributed by atoms with Gasteiger partial charge in [-0.3, -0.25) is 9.59 Å². The molecule has 1 N–H and O–H groups in total. The van der Waals surface area contributed by atoms with Crippen LogP contribution in [-0.4, -0.2) is 17.3 Å². The summed E-state index contributed by atoms with van der Waals surface area (Å²) in [7, 11) is 0. The molecule has 6 heteroatoms. The second-order valence-electron chi connectivity index (χ2n) is 8.18. The third kappa shape index (κ3) is 5.24. The molecule has 1 atom stereocenters. The highest BCUT2D eigenvalue weighted by atomic mass is 35.5. The first-order valence-electron chi connectivity index (χ1n) is 11.1. The van der Waals surface area contributed by atoms with E-state index in [0.29, 0.717) is 38.0 Å². The van der Waals surface area contributed by atoms with Gasteiger partial charge in [-0.25, -0.2) is 0 Å². The monoisotopic (exact) mass is 498 g/mol. The highest BCUT2D eigenvalue weighted by Crippen LogP contribution is 2.43. The summed E-state index contributed by atoms with van der Waals surface area (Å²) in [6.45, 7) is 3.29. The Hall–Kier alpha value is -3.59. The molecule has 3 aromatic carbocycles. The number of carbonyl (C=O) groups excluding carboxylic acids is 2. The Balaban J connectivity index is 1.59. The lowest BCUT2D eigenvalue weighted by atomic mass is 9.81. The van der Waals surface area contributed by atoms with Crippen molar-refractivity contribution < 1.29 is 9.59 Å². The molecule has 0 spiro atoms. The summed E-state index contributed by atoms with van der Waals surface area (Å²) in [6.07, 6.45) is 0. The molecule has 0 bridgehead atoms. The van der Waals surface area contributed by atoms with E-state index in [0.717, 1.165) is 11.1 Å². The van der Waals surface area contributed by atoms with Crippen molar-refractivity contribution in [2.75, 3.05) is 5.75 Å². The number of hydrogen-bond acceptors (Lipinski definition) is 5. The molecule has 0 aromatic heterocycles. The predicted molar refractivity (Wildman–Crippen MR) is 142 cm³/mol. The summed E-state index contributed by atoms with van der Waals surface area (Å²) in [5, 5.41) is 14.3. The van der Waals surface area contributed by atoms with Crippen LogP contribution in [0.15, 0.2) is 101 Å². The average Bonchev–Trinajstić information content (AvgIpc) is 2.87. The lowest BCUT2D eigenvalue weighted by Crippen LogP contribution is -2.27. The van der Waals surface area contributed by atoms with E-state index in [1.807, 2.05) is 72.8 Å². The van der Waals surface area contributed by atoms with Gasteiger partial charge in [0.25, 0.3) is 0 Å². The van der Waals surface area contributed by atoms with Gasteiger partial charge in [0.15, 0.2) is 11.6 Å². The van der Waals surface area contributed by atoms with Gasteiger partial charge >= 0.3 is 0 Å². The van der Waals surface area contributed by atoms with Crippen LogP contribution < -0.4 is 5.32 Å². The van der Waals surface area contributed by atoms with Crippen molar-refractivity contribution in [1.29, 1.82) is 5.26 Å². The van der Waals surface area contributed by atoms with E-state index in [9.17, 15) is 14.9 Å². The summed E-state index contributed by atoms with van der Waals surface area (Å²) in [5.41, 5.74) is 4.96. The largest absolute Gasteiger partial charge is 0.353 e. The fourth-order valence-corrected chi connectivity index (χ4v) is 5.45. The second-order valence-corrected chi connectivity index (χ2v) is 9.58. The van der Waals surface area contributed by atoms with Crippen molar-refractivity contribution >= 4 is 34.9 Å². The summed E-state index contributed by atoms with van der Waals surface area (Å²) in [6, 6.07) is 27.0. The first-order valence-corrected chi connectivity index (χ1v) is 12.5. The molecule has 0 aliphatic carbocycles. The number of ketones is 2. The van der Waals surface area contributed by atoms with Crippen LogP contribution in [0.3, 0.4) is 0 Å². The van der Waals surface area contributed by atoms with E-state index in [-0.39, 0.29) is 17.3 Å². The molecule has 1 aliphatic heterocycles. The minimum Gasteiger partial charge on any atom is -0.353 e. The van der Waals surface area contributed by atoms with Crippen molar-refractivity contribution in [3.8, 4) is 17.2 Å². The van der Waals surface area contributed by atoms with Crippen LogP contribution in [0.5, 0.6) is 0 Å². The maximum Gasteiger partial charge on any atom is 0.173 e. The molecule has 4 nitrogen and oxygen atoms in total. The summed E-state index contributed by atoms with van der Waals surface area (Å²) in [4.78, 5) is 25.5. The normalized spacial score (nSPS) is 15.4. The number of benzene rings is 3. The Morgan fingerprint density at radius 2 is 1.60 bits per heavy atom. The molecule has 35 heavy (non-hydrogen) atoms. The third-order valence-corrected chi connectivity index (χ3v) is 7.27. The number of nitrogens with zero attached hydrogens (tertiary/aromatic N) is 1. The molecule has 0 saturated carbocycles. The van der Waals surface area contributed by atoms with Gasteiger partial charge < -0.3 is 5.32 Å². The van der Waals surface area contributed by atoms with Crippen molar-refractivity contribution in [2.45, 2.75) is 19.8 Å². The number of carbonyl (C=O) groups is 2. The standard InChI is InChI=1S/C29H23ClN2O2S/c1-18-27(19(2)33)28(23-10-6-7-11-25(23)30)24(16-31)29(32-18)35-17-26(34)22-14-12-21(13-15-22)20-8-4-3-5-9-20/h3-15,28,32H,17H2,1-2H3/t28-/m0/s1. The predicted octanol–water partition coefficient (Wildman–Crippen LogP) is 6.91. The van der Waals surface area contributed by atoms with Crippen molar-refractivity contribution in [2.24, 2.45) is 0 Å². The fraction of sp³-hybridized carbons (Fsp3) is 0.138. The van der Waals surface area contributed by atoms with Crippen LogP contribution in [0, 0.1) is 11.3 Å². The quantitative estimate of drug-likeness (QED) is 0.358. The molecule has 3 aromatic rings. The number of nitriles is 1. The zero-order valence-electron chi connectivity index (χ0n) is 19.3. The minimum atomic E-state index is -0.588. The molecular formula is C29H23ClN2O2S. The van der Waals surface area contributed by atoms with Crippen molar-refractivity contribution in [1.82, 2.24) is 5.32 Å². The number of thioether (sulfide) groups is 1. The van der Waals surface area contributed by atoms with Gasteiger partial charge in [-0.15, -0.1) is 0 Å². The maximum atomic E-state index is 12.9. The fourth-order valence-electron chi connectivity index (χ4n) is 4.21. The van der Waals surface area contributed by atoms with E-state index in [4.69, 9.17) is 11.6 Å². The zero-order valence-corrected chi connectivity index (χ0v) is 20.9. The number of rotatable bonds is 7. The van der Waals surface area contributed by atoms with Gasteiger partial charge in [0, 0.05) is 21.9 Å². The highest BCUT2D eigenvalue weighted by molar-refractivity contribution is 8.03. The van der Waals surface area contributed by atoms with Crippen LogP contribution in [0.1, 0.15) is 35.7 Å². The van der Waals surface area contributed by atoms with Crippen molar-refractivity contribution in [3.05, 3.63) is 117 Å². The molecule has 0 amide bonds. The van der Waals surface area contributed by atoms with Crippen LogP contribution in [0.25, 0.3) is 11.1 Å². The Morgan fingerprint density at radius 1 is 0.971 bits per heavy atom. The van der Waals surface area contributed by atoms with Crippen molar-refractivity contribution in [3.63, 3.8) is 0 Å². The first-order chi connectivity index (χ1) is 16.9. The molecule has 1 heterocycles. The average molecular weight is 499 g/mol. The summed E-state index contributed by atoms with van der Waals surface area (Å²) in [5.74, 6) is -0.619. The number of hydrogen-bond donors (Lipinski definition) is 1. The van der Waals surface area contributed by atoms with Crippen LogP contribution in [0.2, 0.25) is 5.02 Å². The zero-order chi connectivity index (χ0) is 24.9. The molecule has 4 rings (SSSR count). The molecule has 0 fully saturated rings. The topological polar surface area (TPSA) is 70.0 Å². The van der Waals surface area contributed by atoms with Crippen LogP contribution in [-0.2, 0) is 4.79 Å². The lowest BCUT2D eigenvalue weighted by molar-refractivity contribution is -0.113. The second kappa shape index (κ2) is 10.8. The molecule has 0 unspecified atom stereocenters. The van der Waals surface area contributed by atoms with Gasteiger partial charge in [0.1, 0.15) is 0 Å². The van der Waals surface area contributed by atoms with Gasteiger partial charge in [0.05, 0.1) is 28.3 Å². The summed E-state index contributed by atoms with van der Waals surface area (Å²) < 4.78 is 0. The van der Waals surface area contributed by atoms with Gasteiger partial charge in [-0.1, -0.05) is 96.2 Å². The van der Waals surface area contributed by atoms with E-state index in [1.165, 1.54) is 18.7 Å². The molecule has 0 saturated heterocycles. The Bertz CT molecular complexity index is 1390. The van der Waals surface area contributed by atoms with Gasteiger partial charge in [-0.2, -0.15) is 5.26 Å². The molecular weight excluding hydrogens is 476 g/mol. The Morgan fingerprint density at radius 3 is 2.23 bits per heavy atom. The van der Waals surface area contributed by atoms with Crippen LogP contribution in [0.4, 0.5) is 0 Å². The number of dihydropyridines is 1. The van der Waals surface area contributed by atoms with E-state index in [2.05, 4.69) is 11.4 Å². The smallest absolute Gasteiger partial charge is 0.173 e. The van der Waals surface area contributed by atoms with E-state index >= 15 is 0 Å². The molecule has 1 aliphatic rings. The first kappa shape index (κ1) is 24.5. The Labute approximate surface area is 214 Å². The molecule has 0 radical (unpaired) electrons. The Kier molecular flexibility index (Phi) is 7.55. The SMILES string of the molecule is CC(=O)C1=C(C)NC(SCC(=O)c2ccc(-c3ccccc3)cc2)=C(C#N)[C@@H]1c1ccccc1Cl. The molecule has 174 valence electrons. The summed E-state index contributed by atoms with van der Waals surface area (Å²) >= 11 is 7.73. The van der Waals surface area contributed by atoms with Gasteiger partial charge in [-0.05, 0) is 36.6 Å². The number of allylic oxidation sites excluding steroid dienone is 3. The maximum absolute atomic E-state index is 12.9. The lowest BCUT2D eigenvalue weighted by Gasteiger charge is -2.29. The van der Waals surface area contributed by atoms with E-state index in [1.54, 1.807) is 13.0 Å². The third-order valence-electron chi connectivity index (χ3n) is 5.90. The van der Waals surface area contributed by atoms with Gasteiger partial charge in [0.2, 0.25) is 0 Å². The van der Waals surface area contributed by atoms with E-state index < -0.39 is 5.92 Å². The minimum absolute atomic E-state index is 0.0468. The number of halogens is 1. The number of nitrogens with one attached hydrogen (secondary N) is 1. The number of Topliss-reactive ketones (excluding diaryl/α,β-unsaturated/α-hetero) is 2. The van der Waals surface area contributed by atoms with Crippen LogP contribution >= 0.6 is 23.4 Å².